The maximum absolute atomic E-state index is 12.7. The van der Waals surface area contributed by atoms with Crippen molar-refractivity contribution in [2.45, 2.75) is 51.7 Å². The number of hydrogen-bond acceptors (Lipinski definition) is 3. The van der Waals surface area contributed by atoms with E-state index in [4.69, 9.17) is 10.5 Å². The molecular weight excluding hydrogens is 276 g/mol. The minimum absolute atomic E-state index is 0.155. The molecule has 0 aliphatic carbocycles. The van der Waals surface area contributed by atoms with Crippen molar-refractivity contribution in [2.24, 2.45) is 5.73 Å². The normalized spacial score (nSPS) is 20.0. The fraction of sp³-hybridized carbons (Fsp3) is 0.611. The quantitative estimate of drug-likeness (QED) is 0.910. The Kier molecular flexibility index (Phi) is 5.98. The first kappa shape index (κ1) is 17.0. The second kappa shape index (κ2) is 7.75. The Morgan fingerprint density at radius 3 is 2.86 bits per heavy atom. The largest absolute Gasteiger partial charge is 0.380 e. The molecule has 122 valence electrons. The van der Waals surface area contributed by atoms with E-state index >= 15 is 0 Å². The summed E-state index contributed by atoms with van der Waals surface area (Å²) in [6.45, 7) is 5.49. The summed E-state index contributed by atoms with van der Waals surface area (Å²) in [5, 5.41) is 0. The van der Waals surface area contributed by atoms with Crippen LogP contribution in [0.1, 0.15) is 48.4 Å². The van der Waals surface area contributed by atoms with E-state index in [1.165, 1.54) is 23.1 Å². The standard InChI is InChI=1S/C18H28N2O2/c1-13-7-6-8-16(14(13)2)17-9-4-5-10-20(17)18(21)11-15(12-19)22-3/h6-8,15,17H,4-5,9-12,19H2,1-3H3. The van der Waals surface area contributed by atoms with Crippen molar-refractivity contribution < 1.29 is 9.53 Å². The molecule has 2 N–H and O–H groups in total. The first-order chi connectivity index (χ1) is 10.6. The Bertz CT molecular complexity index is 512. The summed E-state index contributed by atoms with van der Waals surface area (Å²) in [5.41, 5.74) is 9.53. The van der Waals surface area contributed by atoms with Crippen LogP contribution in [-0.2, 0) is 9.53 Å². The van der Waals surface area contributed by atoms with Gasteiger partial charge in [-0.25, -0.2) is 0 Å². The number of benzene rings is 1. The van der Waals surface area contributed by atoms with Crippen LogP contribution in [0, 0.1) is 13.8 Å². The monoisotopic (exact) mass is 304 g/mol. The lowest BCUT2D eigenvalue weighted by Crippen LogP contribution is -2.41. The summed E-state index contributed by atoms with van der Waals surface area (Å²) < 4.78 is 5.27. The van der Waals surface area contributed by atoms with Crippen molar-refractivity contribution >= 4 is 5.91 Å². The predicted molar refractivity (Wildman–Crippen MR) is 88.7 cm³/mol. The minimum Gasteiger partial charge on any atom is -0.380 e. The van der Waals surface area contributed by atoms with E-state index in [0.717, 1.165) is 19.4 Å². The van der Waals surface area contributed by atoms with Crippen LogP contribution >= 0.6 is 0 Å². The predicted octanol–water partition coefficient (Wildman–Crippen LogP) is 2.72. The molecule has 1 aliphatic rings. The van der Waals surface area contributed by atoms with E-state index in [9.17, 15) is 4.79 Å². The van der Waals surface area contributed by atoms with Crippen molar-refractivity contribution in [1.82, 2.24) is 4.90 Å². The number of rotatable bonds is 5. The average molecular weight is 304 g/mol. The van der Waals surface area contributed by atoms with Gasteiger partial charge in [0.05, 0.1) is 18.6 Å². The molecule has 4 nitrogen and oxygen atoms in total. The van der Waals surface area contributed by atoms with Gasteiger partial charge in [0.25, 0.3) is 0 Å². The van der Waals surface area contributed by atoms with E-state index in [1.807, 2.05) is 4.90 Å². The van der Waals surface area contributed by atoms with Crippen molar-refractivity contribution in [3.63, 3.8) is 0 Å². The van der Waals surface area contributed by atoms with Crippen molar-refractivity contribution in [3.05, 3.63) is 34.9 Å². The summed E-state index contributed by atoms with van der Waals surface area (Å²) in [6, 6.07) is 6.57. The van der Waals surface area contributed by atoms with Gasteiger partial charge < -0.3 is 15.4 Å². The lowest BCUT2D eigenvalue weighted by atomic mass is 9.90. The Morgan fingerprint density at radius 2 is 2.18 bits per heavy atom. The molecular formula is C18H28N2O2. The van der Waals surface area contributed by atoms with Gasteiger partial charge in [0.1, 0.15) is 0 Å². The number of piperidine rings is 1. The van der Waals surface area contributed by atoms with Crippen LogP contribution < -0.4 is 5.73 Å². The number of likely N-dealkylation sites (tertiary alicyclic amines) is 1. The maximum atomic E-state index is 12.7. The highest BCUT2D eigenvalue weighted by Gasteiger charge is 2.30. The molecule has 1 aromatic rings. The van der Waals surface area contributed by atoms with E-state index < -0.39 is 0 Å². The third kappa shape index (κ3) is 3.68. The summed E-state index contributed by atoms with van der Waals surface area (Å²) in [6.07, 6.45) is 3.47. The van der Waals surface area contributed by atoms with Crippen LogP contribution in [0.5, 0.6) is 0 Å². The SMILES string of the molecule is COC(CN)CC(=O)N1CCCCC1c1cccc(C)c1C. The molecule has 0 aromatic heterocycles. The molecule has 1 amide bonds. The van der Waals surface area contributed by atoms with Gasteiger partial charge >= 0.3 is 0 Å². The summed E-state index contributed by atoms with van der Waals surface area (Å²) in [4.78, 5) is 14.7. The van der Waals surface area contributed by atoms with Gasteiger partial charge in [-0.1, -0.05) is 18.2 Å². The smallest absolute Gasteiger partial charge is 0.225 e. The highest BCUT2D eigenvalue weighted by atomic mass is 16.5. The number of aryl methyl sites for hydroxylation is 1. The molecule has 1 saturated heterocycles. The number of nitrogens with zero attached hydrogens (tertiary/aromatic N) is 1. The van der Waals surface area contributed by atoms with Crippen LogP contribution in [0.2, 0.25) is 0 Å². The number of ether oxygens (including phenoxy) is 1. The second-order valence-electron chi connectivity index (χ2n) is 6.19. The molecule has 0 saturated carbocycles. The van der Waals surface area contributed by atoms with Crippen molar-refractivity contribution in [3.8, 4) is 0 Å². The summed E-state index contributed by atoms with van der Waals surface area (Å²) in [5.74, 6) is 0.155. The molecule has 1 fully saturated rings. The van der Waals surface area contributed by atoms with Gasteiger partial charge in [0.15, 0.2) is 0 Å². The highest BCUT2D eigenvalue weighted by Crippen LogP contribution is 2.34. The zero-order chi connectivity index (χ0) is 16.1. The van der Waals surface area contributed by atoms with Crippen LogP contribution in [0.3, 0.4) is 0 Å². The zero-order valence-electron chi connectivity index (χ0n) is 14.0. The Labute approximate surface area is 133 Å². The number of carbonyl (C=O) groups is 1. The molecule has 2 rings (SSSR count). The molecule has 1 heterocycles. The first-order valence-electron chi connectivity index (χ1n) is 8.17. The van der Waals surface area contributed by atoms with Gasteiger partial charge in [-0.15, -0.1) is 0 Å². The van der Waals surface area contributed by atoms with Crippen LogP contribution in [0.25, 0.3) is 0 Å². The van der Waals surface area contributed by atoms with E-state index in [1.54, 1.807) is 7.11 Å². The number of nitrogens with two attached hydrogens (primary N) is 1. The van der Waals surface area contributed by atoms with Crippen molar-refractivity contribution in [1.29, 1.82) is 0 Å². The van der Waals surface area contributed by atoms with E-state index in [0.29, 0.717) is 13.0 Å². The number of carbonyl (C=O) groups excluding carboxylic acids is 1. The molecule has 1 aliphatic heterocycles. The van der Waals surface area contributed by atoms with Gasteiger partial charge in [0, 0.05) is 20.2 Å². The Hall–Kier alpha value is -1.39. The molecule has 22 heavy (non-hydrogen) atoms. The van der Waals surface area contributed by atoms with Gasteiger partial charge in [-0.3, -0.25) is 4.79 Å². The first-order valence-corrected chi connectivity index (χ1v) is 8.17. The summed E-state index contributed by atoms with van der Waals surface area (Å²) >= 11 is 0. The lowest BCUT2D eigenvalue weighted by molar-refractivity contribution is -0.137. The fourth-order valence-corrected chi connectivity index (χ4v) is 3.26. The van der Waals surface area contributed by atoms with Crippen LogP contribution in [0.4, 0.5) is 0 Å². The molecule has 0 radical (unpaired) electrons. The highest BCUT2D eigenvalue weighted by molar-refractivity contribution is 5.77. The van der Waals surface area contributed by atoms with Gasteiger partial charge in [-0.05, 0) is 49.8 Å². The number of amides is 1. The maximum Gasteiger partial charge on any atom is 0.225 e. The minimum atomic E-state index is -0.186. The molecule has 0 spiro atoms. The van der Waals surface area contributed by atoms with Gasteiger partial charge in [-0.2, -0.15) is 0 Å². The van der Waals surface area contributed by atoms with E-state index in [-0.39, 0.29) is 18.1 Å². The third-order valence-electron chi connectivity index (χ3n) is 4.83. The summed E-state index contributed by atoms with van der Waals surface area (Å²) in [7, 11) is 1.61. The van der Waals surface area contributed by atoms with Gasteiger partial charge in [0.2, 0.25) is 5.91 Å². The number of hydrogen-bond donors (Lipinski definition) is 1. The Morgan fingerprint density at radius 1 is 1.41 bits per heavy atom. The lowest BCUT2D eigenvalue weighted by Gasteiger charge is -2.37. The van der Waals surface area contributed by atoms with Crippen LogP contribution in [0.15, 0.2) is 18.2 Å². The molecule has 2 atom stereocenters. The van der Waals surface area contributed by atoms with Crippen molar-refractivity contribution in [2.75, 3.05) is 20.2 Å². The molecule has 1 aromatic carbocycles. The Balaban J connectivity index is 2.21. The van der Waals surface area contributed by atoms with E-state index in [2.05, 4.69) is 32.0 Å². The van der Waals surface area contributed by atoms with Crippen LogP contribution in [-0.4, -0.2) is 37.1 Å². The fourth-order valence-electron chi connectivity index (χ4n) is 3.26. The molecule has 2 unspecified atom stereocenters. The topological polar surface area (TPSA) is 55.6 Å². The number of methoxy groups -OCH3 is 1. The third-order valence-corrected chi connectivity index (χ3v) is 4.83. The zero-order valence-corrected chi connectivity index (χ0v) is 14.0. The average Bonchev–Trinajstić information content (AvgIpc) is 2.55. The molecule has 4 heteroatoms. The second-order valence-corrected chi connectivity index (χ2v) is 6.19. The molecule has 0 bridgehead atoms.